The van der Waals surface area contributed by atoms with Crippen molar-refractivity contribution in [2.75, 3.05) is 18.1 Å². The molecule has 1 N–H and O–H groups in total. The van der Waals surface area contributed by atoms with Crippen LogP contribution in [0.4, 0.5) is 5.69 Å². The topological polar surface area (TPSA) is 46.2 Å². The van der Waals surface area contributed by atoms with Gasteiger partial charge in [-0.25, -0.2) is 8.42 Å². The van der Waals surface area contributed by atoms with Crippen molar-refractivity contribution in [3.8, 4) is 0 Å². The molecule has 1 aliphatic rings. The molecule has 0 unspecified atom stereocenters. The molecule has 1 aromatic carbocycles. The van der Waals surface area contributed by atoms with Crippen LogP contribution >= 0.6 is 0 Å². The molecule has 0 saturated heterocycles. The second-order valence-corrected chi connectivity index (χ2v) is 7.49. The number of hydrogen-bond donors (Lipinski definition) is 1. The van der Waals surface area contributed by atoms with Crippen molar-refractivity contribution in [3.63, 3.8) is 0 Å². The first-order chi connectivity index (χ1) is 9.07. The van der Waals surface area contributed by atoms with Gasteiger partial charge < -0.3 is 5.32 Å². The lowest BCUT2D eigenvalue weighted by molar-refractivity contribution is 0.483. The maximum absolute atomic E-state index is 11.7. The van der Waals surface area contributed by atoms with Crippen LogP contribution in [0.25, 0.3) is 0 Å². The van der Waals surface area contributed by atoms with Crippen molar-refractivity contribution in [2.24, 2.45) is 5.92 Å². The van der Waals surface area contributed by atoms with Crippen molar-refractivity contribution < 1.29 is 8.42 Å². The first kappa shape index (κ1) is 14.4. The largest absolute Gasteiger partial charge is 0.384 e. The molecule has 3 nitrogen and oxygen atoms in total. The zero-order chi connectivity index (χ0) is 13.7. The lowest BCUT2D eigenvalue weighted by Crippen LogP contribution is -2.15. The fourth-order valence-corrected chi connectivity index (χ4v) is 3.62. The van der Waals surface area contributed by atoms with Gasteiger partial charge in [-0.05, 0) is 30.9 Å². The molecule has 1 aliphatic carbocycles. The van der Waals surface area contributed by atoms with Crippen molar-refractivity contribution >= 4 is 15.5 Å². The Bertz CT molecular complexity index is 503. The summed E-state index contributed by atoms with van der Waals surface area (Å²) in [6.07, 6.45) is 9.08. The van der Waals surface area contributed by atoms with Crippen LogP contribution in [-0.4, -0.2) is 21.2 Å². The minimum absolute atomic E-state index is 0.406. The van der Waals surface area contributed by atoms with E-state index < -0.39 is 9.84 Å². The number of anilines is 1. The van der Waals surface area contributed by atoms with Gasteiger partial charge >= 0.3 is 0 Å². The number of sulfone groups is 1. The van der Waals surface area contributed by atoms with E-state index in [9.17, 15) is 8.42 Å². The maximum Gasteiger partial charge on any atom is 0.177 e. The molecular weight excluding hydrogens is 258 g/mol. The predicted octanol–water partition coefficient (Wildman–Crippen LogP) is 3.47. The Morgan fingerprint density at radius 2 is 1.74 bits per heavy atom. The van der Waals surface area contributed by atoms with E-state index in [1.54, 1.807) is 12.1 Å². The monoisotopic (exact) mass is 281 g/mol. The summed E-state index contributed by atoms with van der Waals surface area (Å²) in [6, 6.07) is 7.18. The minimum atomic E-state index is -3.16. The third-order valence-electron chi connectivity index (χ3n) is 3.84. The van der Waals surface area contributed by atoms with Crippen LogP contribution in [0.15, 0.2) is 29.2 Å². The highest BCUT2D eigenvalue weighted by molar-refractivity contribution is 7.90. The van der Waals surface area contributed by atoms with E-state index in [1.807, 2.05) is 12.1 Å². The zero-order valence-corrected chi connectivity index (χ0v) is 12.4. The quantitative estimate of drug-likeness (QED) is 0.860. The summed E-state index contributed by atoms with van der Waals surface area (Å²) in [6.45, 7) is 0.881. The third kappa shape index (κ3) is 4.23. The van der Waals surface area contributed by atoms with Crippen LogP contribution in [-0.2, 0) is 9.84 Å². The fraction of sp³-hybridized carbons (Fsp3) is 0.600. The molecule has 106 valence electrons. The van der Waals surface area contributed by atoms with E-state index in [0.29, 0.717) is 10.8 Å². The first-order valence-electron chi connectivity index (χ1n) is 7.10. The highest BCUT2D eigenvalue weighted by Gasteiger charge is 2.15. The van der Waals surface area contributed by atoms with Gasteiger partial charge in [-0.1, -0.05) is 37.8 Å². The van der Waals surface area contributed by atoms with Gasteiger partial charge in [-0.15, -0.1) is 0 Å². The fourth-order valence-electron chi connectivity index (χ4n) is 2.76. The van der Waals surface area contributed by atoms with Gasteiger partial charge in [0.1, 0.15) is 0 Å². The summed E-state index contributed by atoms with van der Waals surface area (Å²) in [5.41, 5.74) is 0.745. The van der Waals surface area contributed by atoms with Gasteiger partial charge in [0.15, 0.2) is 9.84 Å². The molecule has 19 heavy (non-hydrogen) atoms. The molecule has 1 aromatic rings. The molecule has 4 heteroatoms. The summed E-state index contributed by atoms with van der Waals surface area (Å²) < 4.78 is 23.4. The van der Waals surface area contributed by atoms with E-state index in [4.69, 9.17) is 0 Å². The SMILES string of the molecule is CS(=O)(=O)c1ccccc1NCC1CCCCCC1. The molecule has 0 aliphatic heterocycles. The van der Waals surface area contributed by atoms with E-state index in [0.717, 1.165) is 12.2 Å². The third-order valence-corrected chi connectivity index (χ3v) is 5.00. The Balaban J connectivity index is 2.03. The van der Waals surface area contributed by atoms with Crippen molar-refractivity contribution in [1.29, 1.82) is 0 Å². The van der Waals surface area contributed by atoms with Crippen molar-refractivity contribution in [2.45, 2.75) is 43.4 Å². The normalized spacial score (nSPS) is 17.9. The molecule has 2 rings (SSSR count). The molecule has 0 aromatic heterocycles. The summed E-state index contributed by atoms with van der Waals surface area (Å²) in [5, 5.41) is 3.34. The number of para-hydroxylation sites is 1. The first-order valence-corrected chi connectivity index (χ1v) is 8.99. The molecule has 0 atom stereocenters. The van der Waals surface area contributed by atoms with E-state index in [-0.39, 0.29) is 0 Å². The Labute approximate surface area is 116 Å². The minimum Gasteiger partial charge on any atom is -0.384 e. The molecule has 0 heterocycles. The van der Waals surface area contributed by atoms with Gasteiger partial charge in [0, 0.05) is 12.8 Å². The molecule has 0 bridgehead atoms. The smallest absolute Gasteiger partial charge is 0.177 e. The van der Waals surface area contributed by atoms with Crippen LogP contribution < -0.4 is 5.32 Å². The molecule has 1 saturated carbocycles. The highest BCUT2D eigenvalue weighted by atomic mass is 32.2. The van der Waals surface area contributed by atoms with Gasteiger partial charge in [-0.2, -0.15) is 0 Å². The predicted molar refractivity (Wildman–Crippen MR) is 79.2 cm³/mol. The van der Waals surface area contributed by atoms with E-state index in [2.05, 4.69) is 5.32 Å². The van der Waals surface area contributed by atoms with Crippen LogP contribution in [0.1, 0.15) is 38.5 Å². The van der Waals surface area contributed by atoms with Gasteiger partial charge in [0.2, 0.25) is 0 Å². The van der Waals surface area contributed by atoms with Crippen LogP contribution in [0.2, 0.25) is 0 Å². The van der Waals surface area contributed by atoms with Gasteiger partial charge in [0.05, 0.1) is 10.6 Å². The molecule has 0 spiro atoms. The average Bonchev–Trinajstić information content (AvgIpc) is 2.64. The number of rotatable bonds is 4. The zero-order valence-electron chi connectivity index (χ0n) is 11.6. The van der Waals surface area contributed by atoms with Crippen LogP contribution in [0.3, 0.4) is 0 Å². The standard InChI is InChI=1S/C15H23NO2S/c1-19(17,18)15-11-7-6-10-14(15)16-12-13-8-4-2-3-5-9-13/h6-7,10-11,13,16H,2-5,8-9,12H2,1H3. The molecule has 1 fully saturated rings. The Morgan fingerprint density at radius 1 is 1.11 bits per heavy atom. The number of nitrogens with one attached hydrogen (secondary N) is 1. The van der Waals surface area contributed by atoms with E-state index >= 15 is 0 Å². The highest BCUT2D eigenvalue weighted by Crippen LogP contribution is 2.25. The summed E-state index contributed by atoms with van der Waals surface area (Å²) in [4.78, 5) is 0.406. The van der Waals surface area contributed by atoms with Gasteiger partial charge in [0.25, 0.3) is 0 Å². The average molecular weight is 281 g/mol. The molecule has 0 amide bonds. The van der Waals surface area contributed by atoms with E-state index in [1.165, 1.54) is 44.8 Å². The van der Waals surface area contributed by atoms with Crippen LogP contribution in [0, 0.1) is 5.92 Å². The summed E-state index contributed by atoms with van der Waals surface area (Å²) in [7, 11) is -3.16. The molecular formula is C15H23NO2S. The summed E-state index contributed by atoms with van der Waals surface area (Å²) >= 11 is 0. The van der Waals surface area contributed by atoms with Gasteiger partial charge in [-0.3, -0.25) is 0 Å². The Kier molecular flexibility index (Phi) is 4.86. The second-order valence-electron chi connectivity index (χ2n) is 5.51. The lowest BCUT2D eigenvalue weighted by atomic mass is 10.0. The van der Waals surface area contributed by atoms with Crippen LogP contribution in [0.5, 0.6) is 0 Å². The summed E-state index contributed by atoms with van der Waals surface area (Å²) in [5.74, 6) is 0.676. The molecule has 0 radical (unpaired) electrons. The van der Waals surface area contributed by atoms with Crippen molar-refractivity contribution in [1.82, 2.24) is 0 Å². The Hall–Kier alpha value is -1.03. The van der Waals surface area contributed by atoms with Crippen molar-refractivity contribution in [3.05, 3.63) is 24.3 Å². The maximum atomic E-state index is 11.7. The Morgan fingerprint density at radius 3 is 2.37 bits per heavy atom. The number of hydrogen-bond acceptors (Lipinski definition) is 3. The lowest BCUT2D eigenvalue weighted by Gasteiger charge is -2.17. The second kappa shape index (κ2) is 6.42. The number of benzene rings is 1.